The number of benzene rings is 2. The molecular weight excluding hydrogens is 279 g/mol. The average molecular weight is 292 g/mol. The Morgan fingerprint density at radius 3 is 2.25 bits per heavy atom. The Labute approximate surface area is 117 Å². The van der Waals surface area contributed by atoms with Gasteiger partial charge in [-0.3, -0.25) is 4.79 Å². The molecule has 0 unspecified atom stereocenters. The molecule has 0 radical (unpaired) electrons. The first-order valence-electron chi connectivity index (χ1n) is 5.97. The van der Waals surface area contributed by atoms with E-state index < -0.39 is 27.2 Å². The molecule has 0 aliphatic rings. The maximum Gasteiger partial charge on any atom is 0.186 e. The summed E-state index contributed by atoms with van der Waals surface area (Å²) in [4.78, 5) is 12.1. The molecule has 0 saturated heterocycles. The number of carbonyl (C=O) groups is 1. The van der Waals surface area contributed by atoms with Gasteiger partial charge in [0.2, 0.25) is 0 Å². The molecule has 104 valence electrons. The minimum atomic E-state index is -3.69. The number of rotatable bonds is 4. The van der Waals surface area contributed by atoms with Gasteiger partial charge >= 0.3 is 0 Å². The Morgan fingerprint density at radius 2 is 1.65 bits per heavy atom. The minimum absolute atomic E-state index is 0.149. The molecule has 2 aromatic rings. The molecule has 0 aromatic heterocycles. The molecule has 0 amide bonds. The van der Waals surface area contributed by atoms with Crippen LogP contribution in [0.2, 0.25) is 0 Å². The van der Waals surface area contributed by atoms with Crippen molar-refractivity contribution in [2.45, 2.75) is 11.8 Å². The van der Waals surface area contributed by atoms with Gasteiger partial charge in [-0.15, -0.1) is 0 Å². The number of ketones is 1. The standard InChI is InChI=1S/C15H13FO3S/c1-11-4-2-3-5-15(11)20(18,19)10-14(17)12-6-8-13(16)9-7-12/h2-9H,10H2,1H3. The summed E-state index contributed by atoms with van der Waals surface area (Å²) in [7, 11) is -3.69. The molecule has 0 heterocycles. The fraction of sp³-hybridized carbons (Fsp3) is 0.133. The van der Waals surface area contributed by atoms with Crippen molar-refractivity contribution in [2.75, 3.05) is 5.75 Å². The number of hydrogen-bond donors (Lipinski definition) is 0. The van der Waals surface area contributed by atoms with E-state index in [2.05, 4.69) is 0 Å². The maximum absolute atomic E-state index is 12.8. The highest BCUT2D eigenvalue weighted by molar-refractivity contribution is 7.92. The molecule has 0 aliphatic heterocycles. The Morgan fingerprint density at radius 1 is 1.05 bits per heavy atom. The Bertz CT molecular complexity index is 734. The summed E-state index contributed by atoms with van der Waals surface area (Å²) in [6.07, 6.45) is 0. The lowest BCUT2D eigenvalue weighted by Crippen LogP contribution is -2.17. The number of hydrogen-bond acceptors (Lipinski definition) is 3. The highest BCUT2D eigenvalue weighted by Crippen LogP contribution is 2.17. The number of carbonyl (C=O) groups excluding carboxylic acids is 1. The van der Waals surface area contributed by atoms with E-state index in [1.54, 1.807) is 25.1 Å². The van der Waals surface area contributed by atoms with Gasteiger partial charge in [0, 0.05) is 5.56 Å². The van der Waals surface area contributed by atoms with Crippen molar-refractivity contribution in [2.24, 2.45) is 0 Å². The van der Waals surface area contributed by atoms with Crippen molar-refractivity contribution in [3.05, 3.63) is 65.5 Å². The van der Waals surface area contributed by atoms with E-state index in [9.17, 15) is 17.6 Å². The lowest BCUT2D eigenvalue weighted by atomic mass is 10.1. The van der Waals surface area contributed by atoms with Crippen molar-refractivity contribution < 1.29 is 17.6 Å². The molecule has 2 aromatic carbocycles. The van der Waals surface area contributed by atoms with Crippen LogP contribution in [0.1, 0.15) is 15.9 Å². The van der Waals surface area contributed by atoms with E-state index >= 15 is 0 Å². The van der Waals surface area contributed by atoms with Gasteiger partial charge in [-0.25, -0.2) is 12.8 Å². The van der Waals surface area contributed by atoms with Gasteiger partial charge in [-0.1, -0.05) is 18.2 Å². The SMILES string of the molecule is Cc1ccccc1S(=O)(=O)CC(=O)c1ccc(F)cc1. The Hall–Kier alpha value is -2.01. The van der Waals surface area contributed by atoms with Crippen molar-refractivity contribution in [3.63, 3.8) is 0 Å². The summed E-state index contributed by atoms with van der Waals surface area (Å²) >= 11 is 0. The molecule has 5 heteroatoms. The van der Waals surface area contributed by atoms with E-state index in [-0.39, 0.29) is 10.5 Å². The summed E-state index contributed by atoms with van der Waals surface area (Å²) in [5.74, 6) is -1.64. The van der Waals surface area contributed by atoms with Crippen LogP contribution < -0.4 is 0 Å². The lowest BCUT2D eigenvalue weighted by molar-refractivity contribution is 0.102. The molecule has 20 heavy (non-hydrogen) atoms. The normalized spacial score (nSPS) is 11.3. The second-order valence-corrected chi connectivity index (χ2v) is 6.41. The fourth-order valence-electron chi connectivity index (χ4n) is 1.87. The van der Waals surface area contributed by atoms with Gasteiger partial charge in [0.05, 0.1) is 4.90 Å². The van der Waals surface area contributed by atoms with Crippen molar-refractivity contribution in [1.82, 2.24) is 0 Å². The summed E-state index contributed by atoms with van der Waals surface area (Å²) < 4.78 is 37.2. The molecule has 0 N–H and O–H groups in total. The number of sulfone groups is 1. The monoisotopic (exact) mass is 292 g/mol. The molecule has 2 rings (SSSR count). The van der Waals surface area contributed by atoms with Crippen LogP contribution in [0, 0.1) is 12.7 Å². The van der Waals surface area contributed by atoms with Gasteiger partial charge < -0.3 is 0 Å². The highest BCUT2D eigenvalue weighted by atomic mass is 32.2. The van der Waals surface area contributed by atoms with Crippen molar-refractivity contribution >= 4 is 15.6 Å². The second kappa shape index (κ2) is 5.54. The van der Waals surface area contributed by atoms with Gasteiger partial charge in [-0.2, -0.15) is 0 Å². The van der Waals surface area contributed by atoms with Crippen LogP contribution in [-0.2, 0) is 9.84 Å². The molecule has 0 saturated carbocycles. The predicted molar refractivity (Wildman–Crippen MR) is 74.0 cm³/mol. The quantitative estimate of drug-likeness (QED) is 0.814. The smallest absolute Gasteiger partial charge is 0.186 e. The largest absolute Gasteiger partial charge is 0.293 e. The van der Waals surface area contributed by atoms with E-state index in [1.807, 2.05) is 0 Å². The predicted octanol–water partition coefficient (Wildman–Crippen LogP) is 2.79. The number of halogens is 1. The summed E-state index contributed by atoms with van der Waals surface area (Å²) in [6, 6.07) is 11.3. The summed E-state index contributed by atoms with van der Waals surface area (Å²) in [5.41, 5.74) is 0.781. The first kappa shape index (κ1) is 14.4. The zero-order valence-electron chi connectivity index (χ0n) is 10.8. The van der Waals surface area contributed by atoms with Gasteiger partial charge in [0.15, 0.2) is 15.6 Å². The van der Waals surface area contributed by atoms with Crippen LogP contribution in [0.3, 0.4) is 0 Å². The third-order valence-electron chi connectivity index (χ3n) is 2.92. The van der Waals surface area contributed by atoms with E-state index in [1.165, 1.54) is 18.2 Å². The van der Waals surface area contributed by atoms with Crippen LogP contribution in [0.15, 0.2) is 53.4 Å². The fourth-order valence-corrected chi connectivity index (χ4v) is 3.39. The molecule has 0 bridgehead atoms. The first-order chi connectivity index (χ1) is 9.40. The zero-order valence-corrected chi connectivity index (χ0v) is 11.7. The van der Waals surface area contributed by atoms with E-state index in [4.69, 9.17) is 0 Å². The Balaban J connectivity index is 2.27. The lowest BCUT2D eigenvalue weighted by Gasteiger charge is -2.07. The zero-order chi connectivity index (χ0) is 14.8. The van der Waals surface area contributed by atoms with Crippen LogP contribution in [0.4, 0.5) is 4.39 Å². The first-order valence-corrected chi connectivity index (χ1v) is 7.62. The second-order valence-electron chi connectivity index (χ2n) is 4.45. The topological polar surface area (TPSA) is 51.2 Å². The minimum Gasteiger partial charge on any atom is -0.293 e. The van der Waals surface area contributed by atoms with Crippen LogP contribution >= 0.6 is 0 Å². The molecule has 0 fully saturated rings. The van der Waals surface area contributed by atoms with E-state index in [0.717, 1.165) is 12.1 Å². The number of Topliss-reactive ketones (excluding diaryl/α,β-unsaturated/α-hetero) is 1. The third kappa shape index (κ3) is 3.11. The highest BCUT2D eigenvalue weighted by Gasteiger charge is 2.21. The van der Waals surface area contributed by atoms with E-state index in [0.29, 0.717) is 5.56 Å². The number of aryl methyl sites for hydroxylation is 1. The summed E-state index contributed by atoms with van der Waals surface area (Å²) in [6.45, 7) is 1.68. The van der Waals surface area contributed by atoms with Crippen LogP contribution in [0.25, 0.3) is 0 Å². The molecule has 0 aliphatic carbocycles. The molecule has 0 atom stereocenters. The molecular formula is C15H13FO3S. The third-order valence-corrected chi connectivity index (χ3v) is 4.69. The van der Waals surface area contributed by atoms with Gasteiger partial charge in [-0.05, 0) is 42.8 Å². The van der Waals surface area contributed by atoms with Gasteiger partial charge in [0.1, 0.15) is 11.6 Å². The molecule has 0 spiro atoms. The Kier molecular flexibility index (Phi) is 3.99. The van der Waals surface area contributed by atoms with Crippen LogP contribution in [0.5, 0.6) is 0 Å². The van der Waals surface area contributed by atoms with Gasteiger partial charge in [0.25, 0.3) is 0 Å². The van der Waals surface area contributed by atoms with Crippen molar-refractivity contribution in [3.8, 4) is 0 Å². The van der Waals surface area contributed by atoms with Crippen molar-refractivity contribution in [1.29, 1.82) is 0 Å². The average Bonchev–Trinajstić information content (AvgIpc) is 2.39. The maximum atomic E-state index is 12.8. The molecule has 3 nitrogen and oxygen atoms in total. The van der Waals surface area contributed by atoms with Crippen LogP contribution in [-0.4, -0.2) is 20.0 Å². The summed E-state index contributed by atoms with van der Waals surface area (Å²) in [5, 5.41) is 0.